The van der Waals surface area contributed by atoms with Gasteiger partial charge in [0.15, 0.2) is 5.13 Å². The van der Waals surface area contributed by atoms with Crippen LogP contribution in [0.3, 0.4) is 0 Å². The molecule has 1 aliphatic heterocycles. The first-order valence-electron chi connectivity index (χ1n) is 9.02. The van der Waals surface area contributed by atoms with Crippen LogP contribution in [0.4, 0.5) is 9.52 Å². The zero-order valence-electron chi connectivity index (χ0n) is 15.8. The van der Waals surface area contributed by atoms with Gasteiger partial charge < -0.3 is 10.1 Å². The van der Waals surface area contributed by atoms with Gasteiger partial charge in [-0.25, -0.2) is 9.37 Å². The largest absolute Gasteiger partial charge is 0.496 e. The average Bonchev–Trinajstić information content (AvgIpc) is 3.30. The minimum absolute atomic E-state index is 0.0336. The lowest BCUT2D eigenvalue weighted by Gasteiger charge is -2.13. The van der Waals surface area contributed by atoms with E-state index in [2.05, 4.69) is 10.3 Å². The summed E-state index contributed by atoms with van der Waals surface area (Å²) in [7, 11) is 1.48. The number of nitrogens with one attached hydrogen (secondary N) is 1. The Balaban J connectivity index is 1.40. The second-order valence-electron chi connectivity index (χ2n) is 6.49. The molecule has 0 saturated carbocycles. The van der Waals surface area contributed by atoms with Gasteiger partial charge in [0.1, 0.15) is 11.6 Å². The van der Waals surface area contributed by atoms with E-state index in [0.29, 0.717) is 33.3 Å². The van der Waals surface area contributed by atoms with E-state index >= 15 is 0 Å². The fourth-order valence-corrected chi connectivity index (χ4v) is 3.90. The van der Waals surface area contributed by atoms with E-state index in [1.165, 1.54) is 36.6 Å². The van der Waals surface area contributed by atoms with E-state index in [1.54, 1.807) is 29.6 Å². The van der Waals surface area contributed by atoms with E-state index in [0.717, 1.165) is 4.90 Å². The highest BCUT2D eigenvalue weighted by Gasteiger charge is 2.35. The van der Waals surface area contributed by atoms with E-state index in [1.807, 2.05) is 0 Å². The smallest absolute Gasteiger partial charge is 0.261 e. The molecule has 1 aromatic heterocycles. The standard InChI is InChI=1S/C21H16FN3O4S/c1-29-17-7-6-12(22)10-15(17)16-11-30-21(23-16)24-18(26)8-9-25-19(27)13-4-2-3-5-14(13)20(25)28/h2-7,10-11H,8-9H2,1H3,(H,23,24,26). The molecule has 0 radical (unpaired) electrons. The maximum Gasteiger partial charge on any atom is 0.261 e. The molecule has 4 rings (SSSR count). The van der Waals surface area contributed by atoms with Crippen LogP contribution in [0.2, 0.25) is 0 Å². The van der Waals surface area contributed by atoms with E-state index < -0.39 is 23.5 Å². The molecule has 0 fully saturated rings. The van der Waals surface area contributed by atoms with Crippen LogP contribution in [0.15, 0.2) is 47.8 Å². The van der Waals surface area contributed by atoms with Gasteiger partial charge in [-0.05, 0) is 30.3 Å². The molecule has 0 atom stereocenters. The lowest BCUT2D eigenvalue weighted by Crippen LogP contribution is -2.32. The number of nitrogens with zero attached hydrogens (tertiary/aromatic N) is 2. The number of rotatable bonds is 6. The molecule has 7 nitrogen and oxygen atoms in total. The summed E-state index contributed by atoms with van der Waals surface area (Å²) in [6, 6.07) is 10.7. The third-order valence-corrected chi connectivity index (χ3v) is 5.39. The maximum absolute atomic E-state index is 13.6. The average molecular weight is 425 g/mol. The number of anilines is 1. The van der Waals surface area contributed by atoms with Crippen molar-refractivity contribution in [1.82, 2.24) is 9.88 Å². The summed E-state index contributed by atoms with van der Waals surface area (Å²) < 4.78 is 18.8. The van der Waals surface area contributed by atoms with Crippen LogP contribution in [0.25, 0.3) is 11.3 Å². The van der Waals surface area contributed by atoms with Crippen LogP contribution >= 0.6 is 11.3 Å². The van der Waals surface area contributed by atoms with Crippen molar-refractivity contribution >= 4 is 34.2 Å². The van der Waals surface area contributed by atoms with Crippen LogP contribution in [0.5, 0.6) is 5.75 Å². The number of thiazole rings is 1. The molecule has 2 heterocycles. The van der Waals surface area contributed by atoms with Gasteiger partial charge in [0, 0.05) is 23.9 Å². The fraction of sp³-hybridized carbons (Fsp3) is 0.143. The topological polar surface area (TPSA) is 88.6 Å². The number of carbonyl (C=O) groups is 3. The molecule has 3 amide bonds. The number of halogens is 1. The lowest BCUT2D eigenvalue weighted by atomic mass is 10.1. The summed E-state index contributed by atoms with van der Waals surface area (Å²) in [6.07, 6.45) is -0.0658. The Hall–Kier alpha value is -3.59. The highest BCUT2D eigenvalue weighted by Crippen LogP contribution is 2.32. The predicted molar refractivity (Wildman–Crippen MR) is 109 cm³/mol. The number of ether oxygens (including phenoxy) is 1. The number of fused-ring (bicyclic) bond motifs is 1. The van der Waals surface area contributed by atoms with Crippen molar-refractivity contribution in [3.05, 3.63) is 64.8 Å². The van der Waals surface area contributed by atoms with E-state index in [-0.39, 0.29) is 13.0 Å². The number of hydrogen-bond donors (Lipinski definition) is 1. The van der Waals surface area contributed by atoms with E-state index in [4.69, 9.17) is 4.74 Å². The first-order chi connectivity index (χ1) is 14.5. The van der Waals surface area contributed by atoms with Crippen LogP contribution in [-0.2, 0) is 4.79 Å². The third-order valence-electron chi connectivity index (χ3n) is 4.63. The molecule has 3 aromatic rings. The van der Waals surface area contributed by atoms with Crippen molar-refractivity contribution in [3.63, 3.8) is 0 Å². The molecule has 0 bridgehead atoms. The molecule has 152 valence electrons. The first-order valence-corrected chi connectivity index (χ1v) is 9.90. The van der Waals surface area contributed by atoms with Gasteiger partial charge in [-0.1, -0.05) is 12.1 Å². The molecule has 0 aliphatic carbocycles. The number of methoxy groups -OCH3 is 1. The van der Waals surface area contributed by atoms with Crippen molar-refractivity contribution in [1.29, 1.82) is 0 Å². The zero-order chi connectivity index (χ0) is 21.3. The molecule has 30 heavy (non-hydrogen) atoms. The van der Waals surface area contributed by atoms with Crippen molar-refractivity contribution in [2.75, 3.05) is 19.0 Å². The summed E-state index contributed by atoms with van der Waals surface area (Å²) in [5.74, 6) is -1.16. The Morgan fingerprint density at radius 3 is 2.50 bits per heavy atom. The van der Waals surface area contributed by atoms with Crippen LogP contribution in [0, 0.1) is 5.82 Å². The van der Waals surface area contributed by atoms with Gasteiger partial charge in [-0.2, -0.15) is 0 Å². The monoisotopic (exact) mass is 425 g/mol. The van der Waals surface area contributed by atoms with Gasteiger partial charge in [-0.3, -0.25) is 19.3 Å². The Morgan fingerprint density at radius 2 is 1.83 bits per heavy atom. The van der Waals surface area contributed by atoms with E-state index in [9.17, 15) is 18.8 Å². The molecule has 1 aliphatic rings. The number of carbonyl (C=O) groups excluding carboxylic acids is 3. The van der Waals surface area contributed by atoms with Crippen molar-refractivity contribution in [2.45, 2.75) is 6.42 Å². The molecule has 0 spiro atoms. The molecule has 1 N–H and O–H groups in total. The van der Waals surface area contributed by atoms with Crippen LogP contribution in [0.1, 0.15) is 27.1 Å². The number of aromatic nitrogens is 1. The van der Waals surface area contributed by atoms with Crippen molar-refractivity contribution in [3.8, 4) is 17.0 Å². The quantitative estimate of drug-likeness (QED) is 0.610. The Bertz CT molecular complexity index is 1130. The number of hydrogen-bond acceptors (Lipinski definition) is 6. The van der Waals surface area contributed by atoms with Crippen molar-refractivity contribution in [2.24, 2.45) is 0 Å². The second kappa shape index (κ2) is 8.03. The fourth-order valence-electron chi connectivity index (χ4n) is 3.17. The van der Waals surface area contributed by atoms with Gasteiger partial charge in [0.2, 0.25) is 5.91 Å². The normalized spacial score (nSPS) is 12.8. The highest BCUT2D eigenvalue weighted by atomic mass is 32.1. The zero-order valence-corrected chi connectivity index (χ0v) is 16.7. The minimum Gasteiger partial charge on any atom is -0.496 e. The Labute approximate surface area is 175 Å². The summed E-state index contributed by atoms with van der Waals surface area (Å²) in [6.45, 7) is -0.0336. The van der Waals surface area contributed by atoms with Crippen molar-refractivity contribution < 1.29 is 23.5 Å². The summed E-state index contributed by atoms with van der Waals surface area (Å²) >= 11 is 1.18. The van der Waals surface area contributed by atoms with Gasteiger partial charge in [0.25, 0.3) is 11.8 Å². The first kappa shape index (κ1) is 19.7. The molecule has 9 heteroatoms. The molecular formula is C21H16FN3O4S. The van der Waals surface area contributed by atoms with Gasteiger partial charge in [0.05, 0.1) is 23.9 Å². The van der Waals surface area contributed by atoms with Gasteiger partial charge in [-0.15, -0.1) is 11.3 Å². The Morgan fingerprint density at radius 1 is 1.13 bits per heavy atom. The summed E-state index contributed by atoms with van der Waals surface area (Å²) in [5.41, 5.74) is 1.63. The maximum atomic E-state index is 13.6. The molecular weight excluding hydrogens is 409 g/mol. The minimum atomic E-state index is -0.426. The number of amides is 3. The van der Waals surface area contributed by atoms with Gasteiger partial charge >= 0.3 is 0 Å². The number of imide groups is 1. The second-order valence-corrected chi connectivity index (χ2v) is 7.35. The van der Waals surface area contributed by atoms with Crippen LogP contribution < -0.4 is 10.1 Å². The SMILES string of the molecule is COc1ccc(F)cc1-c1csc(NC(=O)CCN2C(=O)c3ccccc3C2=O)n1. The molecule has 2 aromatic carbocycles. The third kappa shape index (κ3) is 3.67. The molecule has 0 unspecified atom stereocenters. The summed E-state index contributed by atoms with van der Waals surface area (Å²) in [4.78, 5) is 42.4. The van der Waals surface area contributed by atoms with Crippen LogP contribution in [-0.4, -0.2) is 41.3 Å². The number of benzene rings is 2. The highest BCUT2D eigenvalue weighted by molar-refractivity contribution is 7.14. The lowest BCUT2D eigenvalue weighted by molar-refractivity contribution is -0.116. The summed E-state index contributed by atoms with van der Waals surface area (Å²) in [5, 5.41) is 4.64. The Kier molecular flexibility index (Phi) is 5.28. The molecule has 0 saturated heterocycles. The predicted octanol–water partition coefficient (Wildman–Crippen LogP) is 3.58.